The number of nitrogens with zero attached hydrogens (tertiary/aromatic N) is 1. The number of rotatable bonds is 3. The van der Waals surface area contributed by atoms with Gasteiger partial charge in [0, 0.05) is 12.6 Å². The zero-order valence-electron chi connectivity index (χ0n) is 14.2. The average Bonchev–Trinajstić information content (AvgIpc) is 2.62. The molecule has 24 heavy (non-hydrogen) atoms. The lowest BCUT2D eigenvalue weighted by atomic mass is 9.71. The second-order valence-electron chi connectivity index (χ2n) is 7.58. The molecule has 1 aliphatic carbocycles. The van der Waals surface area contributed by atoms with Crippen molar-refractivity contribution >= 4 is 5.97 Å². The van der Waals surface area contributed by atoms with Gasteiger partial charge in [-0.3, -0.25) is 9.69 Å². The zero-order valence-corrected chi connectivity index (χ0v) is 14.2. The number of ether oxygens (including phenoxy) is 1. The highest BCUT2D eigenvalue weighted by Gasteiger charge is 2.42. The molecule has 0 amide bonds. The van der Waals surface area contributed by atoms with Crippen LogP contribution < -0.4 is 0 Å². The van der Waals surface area contributed by atoms with Gasteiger partial charge in [-0.05, 0) is 54.8 Å². The maximum Gasteiger partial charge on any atom is 0.306 e. The molecule has 4 nitrogen and oxygen atoms in total. The SMILES string of the molecule is O=C(O)C1CCN(Cc2cccc3c2CCOC3)C2CCCCC12. The maximum absolute atomic E-state index is 11.6. The molecule has 0 aromatic heterocycles. The molecular formula is C20H27NO3. The fraction of sp³-hybridized carbons (Fsp3) is 0.650. The molecule has 1 saturated heterocycles. The van der Waals surface area contributed by atoms with Gasteiger partial charge in [0.25, 0.3) is 0 Å². The monoisotopic (exact) mass is 329 g/mol. The van der Waals surface area contributed by atoms with E-state index < -0.39 is 5.97 Å². The van der Waals surface area contributed by atoms with E-state index in [2.05, 4.69) is 23.1 Å². The van der Waals surface area contributed by atoms with Crippen molar-refractivity contribution < 1.29 is 14.6 Å². The predicted octanol–water partition coefficient (Wildman–Crippen LogP) is 3.22. The first-order valence-electron chi connectivity index (χ1n) is 9.38. The Morgan fingerprint density at radius 3 is 3.00 bits per heavy atom. The van der Waals surface area contributed by atoms with Crippen LogP contribution in [0.4, 0.5) is 0 Å². The molecule has 3 atom stereocenters. The van der Waals surface area contributed by atoms with Crippen LogP contribution in [0.5, 0.6) is 0 Å². The Labute approximate surface area is 143 Å². The highest BCUT2D eigenvalue weighted by atomic mass is 16.5. The molecule has 1 saturated carbocycles. The summed E-state index contributed by atoms with van der Waals surface area (Å²) < 4.78 is 5.59. The second kappa shape index (κ2) is 6.85. The van der Waals surface area contributed by atoms with Gasteiger partial charge in [0.15, 0.2) is 0 Å². The fourth-order valence-electron chi connectivity index (χ4n) is 5.12. The zero-order chi connectivity index (χ0) is 16.5. The van der Waals surface area contributed by atoms with Gasteiger partial charge in [0.1, 0.15) is 0 Å². The molecule has 1 aromatic rings. The standard InChI is InChI=1S/C20H27NO3/c22-20(23)18-8-10-21(19-7-2-1-6-17(18)19)12-14-4-3-5-15-13-24-11-9-16(14)15/h3-5,17-19H,1-2,6-13H2,(H,22,23). The molecule has 3 aliphatic rings. The van der Waals surface area contributed by atoms with Crippen molar-refractivity contribution in [1.82, 2.24) is 4.90 Å². The molecule has 0 bridgehead atoms. The van der Waals surface area contributed by atoms with Gasteiger partial charge in [-0.1, -0.05) is 31.0 Å². The van der Waals surface area contributed by atoms with E-state index in [4.69, 9.17) is 4.74 Å². The Morgan fingerprint density at radius 1 is 1.25 bits per heavy atom. The van der Waals surface area contributed by atoms with E-state index in [-0.39, 0.29) is 5.92 Å². The predicted molar refractivity (Wildman–Crippen MR) is 91.7 cm³/mol. The van der Waals surface area contributed by atoms with Gasteiger partial charge in [-0.15, -0.1) is 0 Å². The van der Waals surface area contributed by atoms with Crippen LogP contribution >= 0.6 is 0 Å². The van der Waals surface area contributed by atoms with E-state index in [1.807, 2.05) is 0 Å². The van der Waals surface area contributed by atoms with Crippen LogP contribution in [-0.4, -0.2) is 35.2 Å². The van der Waals surface area contributed by atoms with Crippen LogP contribution in [0.3, 0.4) is 0 Å². The number of carboxylic acid groups (broad SMARTS) is 1. The first-order valence-corrected chi connectivity index (χ1v) is 9.38. The molecule has 4 rings (SSSR count). The minimum atomic E-state index is -0.583. The summed E-state index contributed by atoms with van der Waals surface area (Å²) in [5.74, 6) is -0.377. The third-order valence-corrected chi connectivity index (χ3v) is 6.31. The average molecular weight is 329 g/mol. The number of likely N-dealkylation sites (tertiary alicyclic amines) is 1. The summed E-state index contributed by atoms with van der Waals surface area (Å²) in [6.07, 6.45) is 6.48. The molecular weight excluding hydrogens is 302 g/mol. The third kappa shape index (κ3) is 2.98. The topological polar surface area (TPSA) is 49.8 Å². The number of piperidine rings is 1. The Balaban J connectivity index is 1.55. The third-order valence-electron chi connectivity index (χ3n) is 6.31. The molecule has 2 heterocycles. The fourth-order valence-corrected chi connectivity index (χ4v) is 5.12. The van der Waals surface area contributed by atoms with E-state index in [1.165, 1.54) is 29.5 Å². The molecule has 3 unspecified atom stereocenters. The largest absolute Gasteiger partial charge is 0.481 e. The Kier molecular flexibility index (Phi) is 4.59. The first kappa shape index (κ1) is 16.1. The number of hydrogen-bond donors (Lipinski definition) is 1. The second-order valence-corrected chi connectivity index (χ2v) is 7.58. The van der Waals surface area contributed by atoms with Gasteiger partial charge < -0.3 is 9.84 Å². The molecule has 0 radical (unpaired) electrons. The highest BCUT2D eigenvalue weighted by Crippen LogP contribution is 2.40. The maximum atomic E-state index is 11.6. The number of hydrogen-bond acceptors (Lipinski definition) is 3. The van der Waals surface area contributed by atoms with Crippen molar-refractivity contribution in [3.63, 3.8) is 0 Å². The van der Waals surface area contributed by atoms with Crippen molar-refractivity contribution in [2.24, 2.45) is 11.8 Å². The van der Waals surface area contributed by atoms with Crippen LogP contribution in [0, 0.1) is 11.8 Å². The van der Waals surface area contributed by atoms with Gasteiger partial charge in [0.05, 0.1) is 19.1 Å². The summed E-state index contributed by atoms with van der Waals surface area (Å²) in [6, 6.07) is 7.03. The number of fused-ring (bicyclic) bond motifs is 2. The Hall–Kier alpha value is -1.39. The summed E-state index contributed by atoms with van der Waals surface area (Å²) in [6.45, 7) is 3.43. The van der Waals surface area contributed by atoms with Gasteiger partial charge in [-0.25, -0.2) is 0 Å². The van der Waals surface area contributed by atoms with Crippen molar-refractivity contribution in [2.75, 3.05) is 13.2 Å². The lowest BCUT2D eigenvalue weighted by Crippen LogP contribution is -2.51. The minimum Gasteiger partial charge on any atom is -0.481 e. The lowest BCUT2D eigenvalue weighted by molar-refractivity contribution is -0.148. The van der Waals surface area contributed by atoms with Crippen LogP contribution in [0.2, 0.25) is 0 Å². The lowest BCUT2D eigenvalue weighted by Gasteiger charge is -2.47. The number of aliphatic carboxylic acids is 1. The molecule has 2 aliphatic heterocycles. The quantitative estimate of drug-likeness (QED) is 0.925. The molecule has 4 heteroatoms. The van der Waals surface area contributed by atoms with Crippen molar-refractivity contribution in [1.29, 1.82) is 0 Å². The van der Waals surface area contributed by atoms with Crippen LogP contribution in [0.1, 0.15) is 48.8 Å². The summed E-state index contributed by atoms with van der Waals surface area (Å²) in [5, 5.41) is 9.58. The minimum absolute atomic E-state index is 0.135. The summed E-state index contributed by atoms with van der Waals surface area (Å²) in [4.78, 5) is 14.2. The number of carbonyl (C=O) groups is 1. The van der Waals surface area contributed by atoms with Crippen LogP contribution in [-0.2, 0) is 29.1 Å². The molecule has 1 N–H and O–H groups in total. The molecule has 2 fully saturated rings. The van der Waals surface area contributed by atoms with Gasteiger partial charge >= 0.3 is 5.97 Å². The molecule has 130 valence electrons. The van der Waals surface area contributed by atoms with E-state index in [0.29, 0.717) is 12.0 Å². The van der Waals surface area contributed by atoms with Gasteiger partial charge in [0.2, 0.25) is 0 Å². The summed E-state index contributed by atoms with van der Waals surface area (Å²) in [7, 11) is 0. The highest BCUT2D eigenvalue weighted by molar-refractivity contribution is 5.70. The van der Waals surface area contributed by atoms with E-state index in [1.54, 1.807) is 0 Å². The summed E-state index contributed by atoms with van der Waals surface area (Å²) in [5.41, 5.74) is 4.23. The summed E-state index contributed by atoms with van der Waals surface area (Å²) >= 11 is 0. The van der Waals surface area contributed by atoms with Gasteiger partial charge in [-0.2, -0.15) is 0 Å². The number of benzene rings is 1. The Bertz CT molecular complexity index is 615. The van der Waals surface area contributed by atoms with E-state index in [9.17, 15) is 9.90 Å². The molecule has 1 aromatic carbocycles. The van der Waals surface area contributed by atoms with E-state index >= 15 is 0 Å². The Morgan fingerprint density at radius 2 is 2.12 bits per heavy atom. The van der Waals surface area contributed by atoms with Crippen molar-refractivity contribution in [2.45, 2.75) is 57.7 Å². The van der Waals surface area contributed by atoms with Crippen molar-refractivity contribution in [3.05, 3.63) is 34.9 Å². The first-order chi connectivity index (χ1) is 11.7. The molecule has 0 spiro atoms. The normalized spacial score (nSPS) is 30.4. The van der Waals surface area contributed by atoms with Crippen LogP contribution in [0.15, 0.2) is 18.2 Å². The van der Waals surface area contributed by atoms with Crippen molar-refractivity contribution in [3.8, 4) is 0 Å². The van der Waals surface area contributed by atoms with Crippen LogP contribution in [0.25, 0.3) is 0 Å². The number of carboxylic acids is 1. The smallest absolute Gasteiger partial charge is 0.306 e. The van der Waals surface area contributed by atoms with E-state index in [0.717, 1.165) is 52.0 Å².